The summed E-state index contributed by atoms with van der Waals surface area (Å²) >= 11 is 13.4. The van der Waals surface area contributed by atoms with Crippen LogP contribution in [0.1, 0.15) is 0 Å². The average Bonchev–Trinajstić information content (AvgIpc) is 1.84. The van der Waals surface area contributed by atoms with E-state index in [-0.39, 0.29) is 0 Å². The van der Waals surface area contributed by atoms with Crippen LogP contribution >= 0.6 is 63.7 Å². The molecule has 1 aromatic rings. The first-order chi connectivity index (χ1) is 4.61. The Labute approximate surface area is 92.9 Å². The van der Waals surface area contributed by atoms with Crippen LogP contribution in [-0.2, 0) is 0 Å². The molecule has 0 nitrogen and oxygen atoms in total. The van der Waals surface area contributed by atoms with Crippen molar-refractivity contribution in [2.45, 2.75) is 0 Å². The molecular formula is C6HBr4. The van der Waals surface area contributed by atoms with E-state index in [2.05, 4.69) is 69.8 Å². The van der Waals surface area contributed by atoms with Gasteiger partial charge < -0.3 is 0 Å². The molecule has 53 valence electrons. The fourth-order valence-corrected chi connectivity index (χ4v) is 2.31. The smallest absolute Gasteiger partial charge is 0.0408 e. The van der Waals surface area contributed by atoms with Crippen molar-refractivity contribution in [3.8, 4) is 0 Å². The van der Waals surface area contributed by atoms with Crippen LogP contribution in [0.4, 0.5) is 0 Å². The van der Waals surface area contributed by atoms with Gasteiger partial charge in [0, 0.05) is 24.0 Å². The lowest BCUT2D eigenvalue weighted by atomic mass is 10.4. The van der Waals surface area contributed by atoms with Crippen molar-refractivity contribution >= 4 is 63.7 Å². The van der Waals surface area contributed by atoms with Crippen molar-refractivity contribution in [1.29, 1.82) is 0 Å². The molecule has 1 radical (unpaired) electrons. The normalized spacial score (nSPS) is 10.0. The summed E-state index contributed by atoms with van der Waals surface area (Å²) in [4.78, 5) is 0. The second-order valence-corrected chi connectivity index (χ2v) is 4.89. The molecule has 0 spiro atoms. The Kier molecular flexibility index (Phi) is 3.41. The molecule has 1 rings (SSSR count). The summed E-state index contributed by atoms with van der Waals surface area (Å²) in [6.07, 6.45) is 0. The molecule has 0 aliphatic rings. The van der Waals surface area contributed by atoms with Gasteiger partial charge in [0.1, 0.15) is 0 Å². The summed E-state index contributed by atoms with van der Waals surface area (Å²) < 4.78 is 3.82. The van der Waals surface area contributed by atoms with Gasteiger partial charge in [-0.25, -0.2) is 0 Å². The van der Waals surface area contributed by atoms with E-state index >= 15 is 0 Å². The molecule has 1 aromatic carbocycles. The molecule has 0 atom stereocenters. The predicted octanol–water partition coefficient (Wildman–Crippen LogP) is 4.54. The number of rotatable bonds is 0. The van der Waals surface area contributed by atoms with Crippen LogP contribution in [0.25, 0.3) is 0 Å². The average molecular weight is 393 g/mol. The van der Waals surface area contributed by atoms with E-state index in [0.717, 1.165) is 17.9 Å². The SMILES string of the molecule is Brc1[c]c(Br)c(Br)cc1Br. The van der Waals surface area contributed by atoms with Crippen LogP contribution in [0.5, 0.6) is 0 Å². The molecule has 0 saturated carbocycles. The van der Waals surface area contributed by atoms with Crippen molar-refractivity contribution in [3.63, 3.8) is 0 Å². The molecule has 0 aromatic heterocycles. The Bertz CT molecular complexity index is 206. The van der Waals surface area contributed by atoms with Gasteiger partial charge in [0.2, 0.25) is 0 Å². The maximum Gasteiger partial charge on any atom is 0.0408 e. The summed E-state index contributed by atoms with van der Waals surface area (Å²) in [5.41, 5.74) is 0. The fraction of sp³-hybridized carbons (Fsp3) is 0. The standard InChI is InChI=1S/C6HBr4/c7-3-1-4(8)6(10)2-5(3)9/h1H. The first kappa shape index (κ1) is 9.23. The van der Waals surface area contributed by atoms with Crippen molar-refractivity contribution < 1.29 is 0 Å². The van der Waals surface area contributed by atoms with Crippen LogP contribution in [0.3, 0.4) is 0 Å². The van der Waals surface area contributed by atoms with Gasteiger partial charge in [0.05, 0.1) is 0 Å². The van der Waals surface area contributed by atoms with E-state index < -0.39 is 0 Å². The Balaban J connectivity index is 3.28. The maximum atomic E-state index is 3.35. The highest BCUT2D eigenvalue weighted by molar-refractivity contribution is 9.14. The molecule has 0 N–H and O–H groups in total. The number of halogens is 4. The monoisotopic (exact) mass is 389 g/mol. The zero-order valence-corrected chi connectivity index (χ0v) is 10.9. The summed E-state index contributed by atoms with van der Waals surface area (Å²) in [5, 5.41) is 0. The molecule has 0 fully saturated rings. The highest BCUT2D eigenvalue weighted by Gasteiger charge is 2.01. The van der Waals surface area contributed by atoms with Gasteiger partial charge >= 0.3 is 0 Å². The molecule has 0 aliphatic carbocycles. The van der Waals surface area contributed by atoms with E-state index in [1.807, 2.05) is 6.07 Å². The van der Waals surface area contributed by atoms with E-state index in [1.54, 1.807) is 0 Å². The lowest BCUT2D eigenvalue weighted by molar-refractivity contribution is 1.49. The minimum Gasteiger partial charge on any atom is -0.0495 e. The summed E-state index contributed by atoms with van der Waals surface area (Å²) in [7, 11) is 0. The number of benzene rings is 1. The van der Waals surface area contributed by atoms with Gasteiger partial charge in [-0.1, -0.05) is 0 Å². The molecule has 4 heteroatoms. The van der Waals surface area contributed by atoms with Crippen LogP contribution in [0, 0.1) is 6.07 Å². The van der Waals surface area contributed by atoms with Crippen LogP contribution in [0.2, 0.25) is 0 Å². The second kappa shape index (κ2) is 3.70. The first-order valence-electron chi connectivity index (χ1n) is 2.33. The Morgan fingerprint density at radius 1 is 0.900 bits per heavy atom. The maximum absolute atomic E-state index is 3.35. The van der Waals surface area contributed by atoms with Crippen molar-refractivity contribution in [2.24, 2.45) is 0 Å². The third-order valence-corrected chi connectivity index (χ3v) is 4.46. The first-order valence-corrected chi connectivity index (χ1v) is 5.51. The minimum atomic E-state index is 0.919. The third kappa shape index (κ3) is 2.06. The zero-order chi connectivity index (χ0) is 7.72. The molecule has 0 saturated heterocycles. The number of hydrogen-bond acceptors (Lipinski definition) is 0. The van der Waals surface area contributed by atoms with Crippen molar-refractivity contribution in [3.05, 3.63) is 30.0 Å². The highest BCUT2D eigenvalue weighted by Crippen LogP contribution is 2.31. The van der Waals surface area contributed by atoms with E-state index in [0.29, 0.717) is 0 Å². The molecule has 0 aliphatic heterocycles. The van der Waals surface area contributed by atoms with Gasteiger partial charge in [0.15, 0.2) is 0 Å². The number of hydrogen-bond donors (Lipinski definition) is 0. The Hall–Kier alpha value is 1.14. The van der Waals surface area contributed by atoms with E-state index in [9.17, 15) is 0 Å². The molecule has 10 heavy (non-hydrogen) atoms. The minimum absolute atomic E-state index is 0.919. The topological polar surface area (TPSA) is 0 Å². The van der Waals surface area contributed by atoms with Crippen LogP contribution < -0.4 is 0 Å². The van der Waals surface area contributed by atoms with E-state index in [1.165, 1.54) is 0 Å². The third-order valence-electron chi connectivity index (χ3n) is 0.892. The van der Waals surface area contributed by atoms with Gasteiger partial charge in [-0.2, -0.15) is 0 Å². The second-order valence-electron chi connectivity index (χ2n) is 1.59. The molecular weight excluding hydrogens is 392 g/mol. The fourth-order valence-electron chi connectivity index (χ4n) is 0.454. The largest absolute Gasteiger partial charge is 0.0495 e. The lowest BCUT2D eigenvalue weighted by Crippen LogP contribution is -1.73. The van der Waals surface area contributed by atoms with Crippen molar-refractivity contribution in [2.75, 3.05) is 0 Å². The molecule has 0 heterocycles. The molecule has 0 bridgehead atoms. The highest BCUT2D eigenvalue weighted by atomic mass is 79.9. The summed E-state index contributed by atoms with van der Waals surface area (Å²) in [6, 6.07) is 5.00. The van der Waals surface area contributed by atoms with Gasteiger partial charge in [0.25, 0.3) is 0 Å². The lowest BCUT2D eigenvalue weighted by Gasteiger charge is -1.97. The summed E-state index contributed by atoms with van der Waals surface area (Å²) in [6.45, 7) is 0. The molecule has 0 amide bonds. The Morgan fingerprint density at radius 2 is 1.30 bits per heavy atom. The Morgan fingerprint density at radius 3 is 1.60 bits per heavy atom. The molecule has 0 unspecified atom stereocenters. The predicted molar refractivity (Wildman–Crippen MR) is 56.1 cm³/mol. The quantitative estimate of drug-likeness (QED) is 0.569. The van der Waals surface area contributed by atoms with Gasteiger partial charge in [-0.3, -0.25) is 0 Å². The van der Waals surface area contributed by atoms with Crippen LogP contribution in [-0.4, -0.2) is 0 Å². The van der Waals surface area contributed by atoms with Crippen LogP contribution in [0.15, 0.2) is 24.0 Å². The summed E-state index contributed by atoms with van der Waals surface area (Å²) in [5.74, 6) is 0. The van der Waals surface area contributed by atoms with Gasteiger partial charge in [-0.05, 0) is 69.8 Å². The zero-order valence-electron chi connectivity index (χ0n) is 4.59. The van der Waals surface area contributed by atoms with Crippen molar-refractivity contribution in [1.82, 2.24) is 0 Å². The van der Waals surface area contributed by atoms with E-state index in [4.69, 9.17) is 0 Å². The van der Waals surface area contributed by atoms with Gasteiger partial charge in [-0.15, -0.1) is 0 Å².